The SMILES string of the molecule is CN(C)c1ccc(N2C(=S)N[C@@H](c3ccccn3)[C@H]2c2cccn2-c2ccc(Br)cc2)cc1. The zero-order chi connectivity index (χ0) is 22.9. The van der Waals surface area contributed by atoms with Crippen LogP contribution in [0.15, 0.2) is 95.7 Å². The highest BCUT2D eigenvalue weighted by molar-refractivity contribution is 9.10. The lowest BCUT2D eigenvalue weighted by molar-refractivity contribution is 0.549. The van der Waals surface area contributed by atoms with E-state index in [1.165, 1.54) is 0 Å². The highest BCUT2D eigenvalue weighted by Crippen LogP contribution is 2.42. The van der Waals surface area contributed by atoms with Gasteiger partial charge in [0.05, 0.1) is 11.7 Å². The number of anilines is 2. The molecule has 0 aliphatic carbocycles. The van der Waals surface area contributed by atoms with E-state index in [-0.39, 0.29) is 12.1 Å². The molecule has 0 saturated carbocycles. The predicted molar refractivity (Wildman–Crippen MR) is 142 cm³/mol. The number of hydrogen-bond donors (Lipinski definition) is 1. The fourth-order valence-corrected chi connectivity index (χ4v) is 4.93. The van der Waals surface area contributed by atoms with Gasteiger partial charge in [0.1, 0.15) is 6.04 Å². The molecule has 7 heteroatoms. The summed E-state index contributed by atoms with van der Waals surface area (Å²) in [4.78, 5) is 8.97. The van der Waals surface area contributed by atoms with Crippen LogP contribution in [0.1, 0.15) is 23.5 Å². The minimum absolute atomic E-state index is 0.0729. The fourth-order valence-electron chi connectivity index (χ4n) is 4.32. The Balaban J connectivity index is 1.63. The molecule has 33 heavy (non-hydrogen) atoms. The minimum atomic E-state index is -0.0867. The Labute approximate surface area is 207 Å². The number of pyridine rings is 1. The molecular formula is C26H24BrN5S. The summed E-state index contributed by atoms with van der Waals surface area (Å²) in [6.45, 7) is 0. The number of nitrogens with one attached hydrogen (secondary N) is 1. The molecule has 2 aromatic carbocycles. The molecule has 0 unspecified atom stereocenters. The summed E-state index contributed by atoms with van der Waals surface area (Å²) < 4.78 is 3.28. The zero-order valence-electron chi connectivity index (χ0n) is 18.4. The van der Waals surface area contributed by atoms with E-state index in [2.05, 4.69) is 114 Å². The van der Waals surface area contributed by atoms with E-state index >= 15 is 0 Å². The number of halogens is 1. The lowest BCUT2D eigenvalue weighted by atomic mass is 10.0. The average molecular weight is 518 g/mol. The van der Waals surface area contributed by atoms with Gasteiger partial charge in [-0.1, -0.05) is 22.0 Å². The lowest BCUT2D eigenvalue weighted by Crippen LogP contribution is -2.30. The second-order valence-corrected chi connectivity index (χ2v) is 9.49. The van der Waals surface area contributed by atoms with Crippen LogP contribution in [0.4, 0.5) is 11.4 Å². The van der Waals surface area contributed by atoms with E-state index < -0.39 is 0 Å². The summed E-state index contributed by atoms with van der Waals surface area (Å²) in [6.07, 6.45) is 3.93. The number of benzene rings is 2. The molecule has 1 saturated heterocycles. The number of thiocarbonyl (C=S) groups is 1. The molecule has 5 rings (SSSR count). The van der Waals surface area contributed by atoms with E-state index in [0.29, 0.717) is 5.11 Å². The molecule has 1 aliphatic heterocycles. The van der Waals surface area contributed by atoms with Crippen molar-refractivity contribution >= 4 is 44.6 Å². The third-order valence-electron chi connectivity index (χ3n) is 5.93. The van der Waals surface area contributed by atoms with Crippen molar-refractivity contribution in [3.63, 3.8) is 0 Å². The predicted octanol–water partition coefficient (Wildman–Crippen LogP) is 5.88. The first kappa shape index (κ1) is 21.7. The molecule has 0 radical (unpaired) electrons. The normalized spacial score (nSPS) is 17.8. The standard InChI is InChI=1S/C26H24BrN5S/c1-30(2)19-12-14-21(15-13-19)32-25(24(29-26(32)33)22-6-3-4-16-28-22)23-7-5-17-31(23)20-10-8-18(27)9-11-20/h3-17,24-25H,1-2H3,(H,29,33)/t24-,25+/m0/s1. The van der Waals surface area contributed by atoms with Crippen molar-refractivity contribution in [2.75, 3.05) is 23.9 Å². The second kappa shape index (κ2) is 9.00. The monoisotopic (exact) mass is 517 g/mol. The van der Waals surface area contributed by atoms with Gasteiger partial charge in [-0.05, 0) is 85.0 Å². The first-order valence-electron chi connectivity index (χ1n) is 10.7. The fraction of sp³-hybridized carbons (Fsp3) is 0.154. The Morgan fingerprint density at radius 3 is 2.30 bits per heavy atom. The van der Waals surface area contributed by atoms with Crippen molar-refractivity contribution in [2.45, 2.75) is 12.1 Å². The van der Waals surface area contributed by atoms with Crippen LogP contribution in [0.2, 0.25) is 0 Å². The average Bonchev–Trinajstić information content (AvgIpc) is 3.44. The van der Waals surface area contributed by atoms with Crippen LogP contribution in [0, 0.1) is 0 Å². The van der Waals surface area contributed by atoms with Crippen molar-refractivity contribution in [3.05, 3.63) is 107 Å². The van der Waals surface area contributed by atoms with Gasteiger partial charge < -0.3 is 19.7 Å². The van der Waals surface area contributed by atoms with E-state index in [1.807, 2.05) is 32.4 Å². The van der Waals surface area contributed by atoms with Crippen LogP contribution in [-0.4, -0.2) is 28.8 Å². The maximum absolute atomic E-state index is 5.87. The lowest BCUT2D eigenvalue weighted by Gasteiger charge is -2.29. The molecule has 0 bridgehead atoms. The maximum Gasteiger partial charge on any atom is 0.174 e. The summed E-state index contributed by atoms with van der Waals surface area (Å²) in [5, 5.41) is 4.24. The third-order valence-corrected chi connectivity index (χ3v) is 6.77. The Morgan fingerprint density at radius 2 is 1.64 bits per heavy atom. The van der Waals surface area contributed by atoms with Crippen LogP contribution in [0.5, 0.6) is 0 Å². The van der Waals surface area contributed by atoms with Gasteiger partial charge in [-0.25, -0.2) is 0 Å². The molecule has 2 aromatic heterocycles. The molecule has 3 heterocycles. The minimum Gasteiger partial charge on any atom is -0.378 e. The number of rotatable bonds is 5. The molecule has 0 spiro atoms. The highest BCUT2D eigenvalue weighted by atomic mass is 79.9. The maximum atomic E-state index is 5.87. The molecule has 1 fully saturated rings. The quantitative estimate of drug-likeness (QED) is 0.334. The molecule has 5 nitrogen and oxygen atoms in total. The molecule has 0 amide bonds. The van der Waals surface area contributed by atoms with Crippen molar-refractivity contribution in [1.29, 1.82) is 0 Å². The zero-order valence-corrected chi connectivity index (χ0v) is 20.8. The van der Waals surface area contributed by atoms with Gasteiger partial charge >= 0.3 is 0 Å². The van der Waals surface area contributed by atoms with Crippen LogP contribution >= 0.6 is 28.1 Å². The van der Waals surface area contributed by atoms with Gasteiger partial charge in [0, 0.05) is 53.7 Å². The van der Waals surface area contributed by atoms with Crippen molar-refractivity contribution < 1.29 is 0 Å². The Hall–Kier alpha value is -3.16. The molecule has 166 valence electrons. The van der Waals surface area contributed by atoms with Crippen LogP contribution in [0.3, 0.4) is 0 Å². The van der Waals surface area contributed by atoms with Crippen molar-refractivity contribution in [1.82, 2.24) is 14.9 Å². The van der Waals surface area contributed by atoms with Gasteiger partial charge in [0.25, 0.3) is 0 Å². The Morgan fingerprint density at radius 1 is 0.909 bits per heavy atom. The van der Waals surface area contributed by atoms with Crippen molar-refractivity contribution in [3.8, 4) is 5.69 Å². The Kier molecular flexibility index (Phi) is 5.91. The summed E-state index contributed by atoms with van der Waals surface area (Å²) in [6, 6.07) is 26.9. The number of aromatic nitrogens is 2. The molecule has 2 atom stereocenters. The van der Waals surface area contributed by atoms with Crippen LogP contribution in [-0.2, 0) is 0 Å². The largest absolute Gasteiger partial charge is 0.378 e. The third kappa shape index (κ3) is 4.14. The van der Waals surface area contributed by atoms with E-state index in [9.17, 15) is 0 Å². The number of hydrogen-bond acceptors (Lipinski definition) is 3. The van der Waals surface area contributed by atoms with Gasteiger partial charge in [-0.2, -0.15) is 0 Å². The van der Waals surface area contributed by atoms with E-state index in [4.69, 9.17) is 12.2 Å². The summed E-state index contributed by atoms with van der Waals surface area (Å²) >= 11 is 9.41. The second-order valence-electron chi connectivity index (χ2n) is 8.19. The van der Waals surface area contributed by atoms with E-state index in [0.717, 1.165) is 32.9 Å². The summed E-state index contributed by atoms with van der Waals surface area (Å²) in [5.74, 6) is 0. The summed E-state index contributed by atoms with van der Waals surface area (Å²) in [5.41, 5.74) is 5.38. The highest BCUT2D eigenvalue weighted by Gasteiger charge is 2.42. The van der Waals surface area contributed by atoms with Gasteiger partial charge in [0.2, 0.25) is 0 Å². The summed E-state index contributed by atoms with van der Waals surface area (Å²) in [7, 11) is 4.09. The number of nitrogens with zero attached hydrogens (tertiary/aromatic N) is 4. The van der Waals surface area contributed by atoms with Gasteiger partial charge in [0.15, 0.2) is 5.11 Å². The first-order chi connectivity index (χ1) is 16.0. The van der Waals surface area contributed by atoms with Crippen LogP contribution in [0.25, 0.3) is 5.69 Å². The molecule has 4 aromatic rings. The topological polar surface area (TPSA) is 36.3 Å². The van der Waals surface area contributed by atoms with Crippen molar-refractivity contribution in [2.24, 2.45) is 0 Å². The Bertz CT molecular complexity index is 1250. The van der Waals surface area contributed by atoms with Gasteiger partial charge in [-0.15, -0.1) is 0 Å². The van der Waals surface area contributed by atoms with Gasteiger partial charge in [-0.3, -0.25) is 4.98 Å². The first-order valence-corrected chi connectivity index (χ1v) is 11.9. The van der Waals surface area contributed by atoms with E-state index in [1.54, 1.807) is 0 Å². The molecule has 1 N–H and O–H groups in total. The van der Waals surface area contributed by atoms with Crippen LogP contribution < -0.4 is 15.1 Å². The smallest absolute Gasteiger partial charge is 0.174 e. The molecular weight excluding hydrogens is 494 g/mol. The molecule has 1 aliphatic rings.